The molecule has 1 saturated heterocycles. The Hall–Kier alpha value is -3.59. The highest BCUT2D eigenvalue weighted by molar-refractivity contribution is 7.09. The van der Waals surface area contributed by atoms with Crippen molar-refractivity contribution in [2.45, 2.75) is 44.1 Å². The summed E-state index contributed by atoms with van der Waals surface area (Å²) in [6.07, 6.45) is 4.63. The second-order valence-electron chi connectivity index (χ2n) is 9.64. The number of nitrogens with zero attached hydrogens (tertiary/aromatic N) is 2. The first kappa shape index (κ1) is 26.0. The van der Waals surface area contributed by atoms with Gasteiger partial charge in [0.15, 0.2) is 11.5 Å². The molecule has 2 aliphatic rings. The standard InChI is InChI=1S/C29H33N3O5S/c1-35-24-12-11-21(25(36-2)26(24)37-3)29(34)32-15-13-19(14-16-32)28-31-23(17-38-28)27(33)30-22-10-6-8-18-7-4-5-9-20(18)22/h4-5,7,9,11-12,17,19,22H,6,8,10,13-16H2,1-3H3,(H,30,33). The van der Waals surface area contributed by atoms with Gasteiger partial charge in [-0.05, 0) is 55.4 Å². The second-order valence-corrected chi connectivity index (χ2v) is 10.5. The number of aryl methyl sites for hydroxylation is 1. The molecule has 200 valence electrons. The summed E-state index contributed by atoms with van der Waals surface area (Å²) in [7, 11) is 4.59. The Morgan fingerprint density at radius 1 is 0.974 bits per heavy atom. The number of piperidine rings is 1. The molecule has 5 rings (SSSR count). The third kappa shape index (κ3) is 5.07. The van der Waals surface area contributed by atoms with E-state index in [9.17, 15) is 9.59 Å². The Morgan fingerprint density at radius 2 is 1.74 bits per heavy atom. The minimum absolute atomic E-state index is 0.0282. The molecule has 2 heterocycles. The fourth-order valence-corrected chi connectivity index (χ4v) is 6.46. The molecule has 1 atom stereocenters. The average molecular weight is 536 g/mol. The number of thiazole rings is 1. The van der Waals surface area contributed by atoms with Crippen LogP contribution < -0.4 is 19.5 Å². The van der Waals surface area contributed by atoms with Gasteiger partial charge in [-0.1, -0.05) is 24.3 Å². The van der Waals surface area contributed by atoms with Gasteiger partial charge >= 0.3 is 0 Å². The van der Waals surface area contributed by atoms with E-state index in [2.05, 4.69) is 23.5 Å². The summed E-state index contributed by atoms with van der Waals surface area (Å²) in [4.78, 5) is 32.9. The molecule has 8 nitrogen and oxygen atoms in total. The number of ether oxygens (including phenoxy) is 3. The Morgan fingerprint density at radius 3 is 2.47 bits per heavy atom. The highest BCUT2D eigenvalue weighted by Gasteiger charge is 2.30. The van der Waals surface area contributed by atoms with Crippen molar-refractivity contribution in [2.24, 2.45) is 0 Å². The van der Waals surface area contributed by atoms with Crippen LogP contribution in [0.5, 0.6) is 17.2 Å². The number of hydrogen-bond donors (Lipinski definition) is 1. The van der Waals surface area contributed by atoms with Gasteiger partial charge in [0, 0.05) is 24.4 Å². The van der Waals surface area contributed by atoms with E-state index in [1.165, 1.54) is 36.7 Å². The van der Waals surface area contributed by atoms with Crippen LogP contribution in [0.25, 0.3) is 0 Å². The van der Waals surface area contributed by atoms with Crippen molar-refractivity contribution in [2.75, 3.05) is 34.4 Å². The molecule has 1 aliphatic carbocycles. The number of benzene rings is 2. The molecule has 1 aromatic heterocycles. The van der Waals surface area contributed by atoms with Crippen LogP contribution in [-0.2, 0) is 6.42 Å². The largest absolute Gasteiger partial charge is 0.493 e. The molecular formula is C29H33N3O5S. The third-order valence-corrected chi connectivity index (χ3v) is 8.50. The summed E-state index contributed by atoms with van der Waals surface area (Å²) in [5.41, 5.74) is 3.45. The fourth-order valence-electron chi connectivity index (χ4n) is 5.49. The predicted octanol–water partition coefficient (Wildman–Crippen LogP) is 5.00. The number of carbonyl (C=O) groups excluding carboxylic acids is 2. The van der Waals surface area contributed by atoms with E-state index in [1.54, 1.807) is 19.2 Å². The molecule has 0 spiro atoms. The Kier molecular flexibility index (Phi) is 7.83. The quantitative estimate of drug-likeness (QED) is 0.458. The van der Waals surface area contributed by atoms with Crippen molar-refractivity contribution in [3.8, 4) is 17.2 Å². The van der Waals surface area contributed by atoms with Crippen molar-refractivity contribution in [3.05, 3.63) is 69.2 Å². The van der Waals surface area contributed by atoms with Gasteiger partial charge in [0.05, 0.1) is 37.9 Å². The van der Waals surface area contributed by atoms with Crippen molar-refractivity contribution in [3.63, 3.8) is 0 Å². The van der Waals surface area contributed by atoms with E-state index < -0.39 is 0 Å². The zero-order valence-corrected chi connectivity index (χ0v) is 22.8. The SMILES string of the molecule is COc1ccc(C(=O)N2CCC(c3nc(C(=O)NC4CCCc5ccccc54)cs3)CC2)c(OC)c1OC. The summed E-state index contributed by atoms with van der Waals surface area (Å²) in [5.74, 6) is 1.27. The monoisotopic (exact) mass is 535 g/mol. The van der Waals surface area contributed by atoms with Crippen molar-refractivity contribution in [1.82, 2.24) is 15.2 Å². The first-order valence-electron chi connectivity index (χ1n) is 13.0. The summed E-state index contributed by atoms with van der Waals surface area (Å²) in [5, 5.41) is 6.00. The number of carbonyl (C=O) groups is 2. The fraction of sp³-hybridized carbons (Fsp3) is 0.414. The van der Waals surface area contributed by atoms with Gasteiger partial charge in [-0.25, -0.2) is 4.98 Å². The molecule has 0 saturated carbocycles. The molecule has 3 aromatic rings. The van der Waals surface area contributed by atoms with Gasteiger partial charge in [0.25, 0.3) is 11.8 Å². The number of aromatic nitrogens is 1. The lowest BCUT2D eigenvalue weighted by Gasteiger charge is -2.31. The summed E-state index contributed by atoms with van der Waals surface area (Å²) in [6.45, 7) is 1.20. The number of nitrogens with one attached hydrogen (secondary N) is 1. The van der Waals surface area contributed by atoms with Crippen molar-refractivity contribution < 1.29 is 23.8 Å². The van der Waals surface area contributed by atoms with Crippen LogP contribution in [0, 0.1) is 0 Å². The highest BCUT2D eigenvalue weighted by Crippen LogP contribution is 2.41. The summed E-state index contributed by atoms with van der Waals surface area (Å²) < 4.78 is 16.3. The lowest BCUT2D eigenvalue weighted by atomic mass is 9.88. The first-order valence-corrected chi connectivity index (χ1v) is 13.8. The Labute approximate surface area is 226 Å². The van der Waals surface area contributed by atoms with Gasteiger partial charge in [-0.3, -0.25) is 9.59 Å². The van der Waals surface area contributed by atoms with E-state index in [0.717, 1.165) is 37.1 Å². The van der Waals surface area contributed by atoms with Crippen LogP contribution in [-0.4, -0.2) is 56.1 Å². The minimum Gasteiger partial charge on any atom is -0.493 e. The molecule has 1 fully saturated rings. The van der Waals surface area contributed by atoms with E-state index in [-0.39, 0.29) is 23.8 Å². The molecule has 1 N–H and O–H groups in total. The lowest BCUT2D eigenvalue weighted by Crippen LogP contribution is -2.38. The summed E-state index contributed by atoms with van der Waals surface area (Å²) in [6, 6.07) is 11.8. The molecule has 38 heavy (non-hydrogen) atoms. The van der Waals surface area contributed by atoms with Crippen LogP contribution in [0.15, 0.2) is 41.8 Å². The van der Waals surface area contributed by atoms with Gasteiger partial charge in [0.1, 0.15) is 5.69 Å². The van der Waals surface area contributed by atoms with E-state index in [1.807, 2.05) is 16.3 Å². The van der Waals surface area contributed by atoms with Gasteiger partial charge in [0.2, 0.25) is 5.75 Å². The zero-order valence-electron chi connectivity index (χ0n) is 22.0. The van der Waals surface area contributed by atoms with Crippen LogP contribution >= 0.6 is 11.3 Å². The van der Waals surface area contributed by atoms with Crippen LogP contribution in [0.4, 0.5) is 0 Å². The van der Waals surface area contributed by atoms with Crippen LogP contribution in [0.3, 0.4) is 0 Å². The molecule has 2 aromatic carbocycles. The minimum atomic E-state index is -0.123. The number of amides is 2. The van der Waals surface area contributed by atoms with Crippen LogP contribution in [0.1, 0.15) is 74.6 Å². The highest BCUT2D eigenvalue weighted by atomic mass is 32.1. The number of hydrogen-bond acceptors (Lipinski definition) is 7. The van der Waals surface area contributed by atoms with E-state index in [0.29, 0.717) is 41.6 Å². The molecular weight excluding hydrogens is 502 g/mol. The zero-order chi connectivity index (χ0) is 26.6. The second kappa shape index (κ2) is 11.4. The maximum absolute atomic E-state index is 13.3. The Bertz CT molecular complexity index is 1320. The number of fused-ring (bicyclic) bond motifs is 1. The number of rotatable bonds is 7. The van der Waals surface area contributed by atoms with Crippen molar-refractivity contribution >= 4 is 23.2 Å². The maximum Gasteiger partial charge on any atom is 0.271 e. The maximum atomic E-state index is 13.3. The van der Waals surface area contributed by atoms with Gasteiger partial charge in [-0.15, -0.1) is 11.3 Å². The molecule has 1 aliphatic heterocycles. The first-order chi connectivity index (χ1) is 18.5. The molecule has 0 radical (unpaired) electrons. The number of methoxy groups -OCH3 is 3. The lowest BCUT2D eigenvalue weighted by molar-refractivity contribution is 0.0708. The Balaban J connectivity index is 1.22. The molecule has 1 unspecified atom stereocenters. The van der Waals surface area contributed by atoms with Gasteiger partial charge in [-0.2, -0.15) is 0 Å². The average Bonchev–Trinajstić information content (AvgIpc) is 3.47. The molecule has 0 bridgehead atoms. The van der Waals surface area contributed by atoms with Crippen molar-refractivity contribution in [1.29, 1.82) is 0 Å². The van der Waals surface area contributed by atoms with E-state index in [4.69, 9.17) is 19.2 Å². The van der Waals surface area contributed by atoms with Gasteiger partial charge < -0.3 is 24.4 Å². The summed E-state index contributed by atoms with van der Waals surface area (Å²) >= 11 is 1.53. The predicted molar refractivity (Wildman–Crippen MR) is 146 cm³/mol. The van der Waals surface area contributed by atoms with Crippen LogP contribution in [0.2, 0.25) is 0 Å². The third-order valence-electron chi connectivity index (χ3n) is 7.50. The molecule has 2 amide bonds. The number of likely N-dealkylation sites (tertiary alicyclic amines) is 1. The normalized spacial score (nSPS) is 17.4. The topological polar surface area (TPSA) is 90.0 Å². The molecule has 9 heteroatoms. The smallest absolute Gasteiger partial charge is 0.271 e. The van der Waals surface area contributed by atoms with E-state index >= 15 is 0 Å².